The van der Waals surface area contributed by atoms with Crippen molar-refractivity contribution >= 4 is 34.3 Å². The van der Waals surface area contributed by atoms with Gasteiger partial charge in [-0.15, -0.1) is 0 Å². The zero-order valence-electron chi connectivity index (χ0n) is 26.2. The number of nitrogens with zero attached hydrogens (tertiary/aromatic N) is 2. The molecule has 230 valence electrons. The molecule has 3 aromatic carbocycles. The first-order valence-corrected chi connectivity index (χ1v) is 16.2. The summed E-state index contributed by atoms with van der Waals surface area (Å²) >= 11 is 1.34. The third kappa shape index (κ3) is 5.66. The maximum atomic E-state index is 14.5. The van der Waals surface area contributed by atoms with Gasteiger partial charge in [-0.1, -0.05) is 93.1 Å². The van der Waals surface area contributed by atoms with Crippen molar-refractivity contribution in [3.8, 4) is 17.0 Å². The van der Waals surface area contributed by atoms with E-state index in [9.17, 15) is 9.59 Å². The lowest BCUT2D eigenvalue weighted by Gasteiger charge is -2.26. The highest BCUT2D eigenvalue weighted by Gasteiger charge is 2.34. The van der Waals surface area contributed by atoms with Gasteiger partial charge in [0.25, 0.3) is 5.56 Å². The summed E-state index contributed by atoms with van der Waals surface area (Å²) in [6, 6.07) is 23.5. The molecule has 8 heteroatoms. The van der Waals surface area contributed by atoms with Gasteiger partial charge in [-0.05, 0) is 60.2 Å². The third-order valence-electron chi connectivity index (χ3n) is 8.19. The number of fused-ring (bicyclic) bond motifs is 2. The number of nitrogens with one attached hydrogen (secondary N) is 1. The van der Waals surface area contributed by atoms with E-state index in [1.54, 1.807) is 18.6 Å². The Morgan fingerprint density at radius 2 is 1.82 bits per heavy atom. The summed E-state index contributed by atoms with van der Waals surface area (Å²) in [5.41, 5.74) is 6.66. The number of esters is 1. The Labute approximate surface area is 266 Å². The van der Waals surface area contributed by atoms with Crippen molar-refractivity contribution in [2.75, 3.05) is 13.7 Å². The van der Waals surface area contributed by atoms with E-state index in [0.717, 1.165) is 45.5 Å². The molecule has 0 saturated heterocycles. The van der Waals surface area contributed by atoms with Gasteiger partial charge < -0.3 is 14.5 Å². The standard InChI is InChI=1S/C37H37N3O4S/c1-6-11-30-32(36(42)44-7-2)34(25-16-14-23(15-17-25)22(3)4)40-35(41)31(45-37(40)39-30)21-28-27-20-26(43-5)18-19-29(27)38-33(28)24-12-9-8-10-13-24/h8-10,12-22,34,38H,6-7,11H2,1-5H3/b31-21-/t34-/m0/s1. The van der Waals surface area contributed by atoms with Crippen LogP contribution in [-0.2, 0) is 9.53 Å². The van der Waals surface area contributed by atoms with Crippen molar-refractivity contribution in [3.05, 3.63) is 120 Å². The van der Waals surface area contributed by atoms with E-state index in [2.05, 4.69) is 37.9 Å². The van der Waals surface area contributed by atoms with E-state index >= 15 is 0 Å². The number of allylic oxidation sites excluding steroid dienone is 1. The van der Waals surface area contributed by atoms with Gasteiger partial charge in [-0.3, -0.25) is 9.36 Å². The predicted molar refractivity (Wildman–Crippen MR) is 180 cm³/mol. The van der Waals surface area contributed by atoms with Gasteiger partial charge >= 0.3 is 5.97 Å². The number of ether oxygens (including phenoxy) is 2. The highest BCUT2D eigenvalue weighted by Crippen LogP contribution is 2.35. The highest BCUT2D eigenvalue weighted by atomic mass is 32.1. The summed E-state index contributed by atoms with van der Waals surface area (Å²) in [6.07, 6.45) is 3.34. The predicted octanol–water partition coefficient (Wildman–Crippen LogP) is 6.86. The van der Waals surface area contributed by atoms with Crippen LogP contribution in [-0.4, -0.2) is 29.2 Å². The molecule has 3 heterocycles. The molecule has 6 rings (SSSR count). The number of aromatic amines is 1. The summed E-state index contributed by atoms with van der Waals surface area (Å²) in [4.78, 5) is 37.1. The quantitative estimate of drug-likeness (QED) is 0.183. The first-order valence-electron chi connectivity index (χ1n) is 15.4. The Hall–Kier alpha value is -4.69. The van der Waals surface area contributed by atoms with Crippen molar-refractivity contribution in [1.29, 1.82) is 0 Å². The number of thiazole rings is 1. The first kappa shape index (κ1) is 30.3. The van der Waals surface area contributed by atoms with Crippen LogP contribution < -0.4 is 19.6 Å². The lowest BCUT2D eigenvalue weighted by molar-refractivity contribution is -0.139. The first-order chi connectivity index (χ1) is 21.8. The van der Waals surface area contributed by atoms with Crippen molar-refractivity contribution < 1.29 is 14.3 Å². The number of H-pyrrole nitrogens is 1. The smallest absolute Gasteiger partial charge is 0.338 e. The minimum absolute atomic E-state index is 0.203. The third-order valence-corrected chi connectivity index (χ3v) is 9.18. The van der Waals surface area contributed by atoms with Gasteiger partial charge in [0.15, 0.2) is 4.80 Å². The molecule has 2 aromatic heterocycles. The van der Waals surface area contributed by atoms with E-state index in [1.807, 2.05) is 66.7 Å². The van der Waals surface area contributed by atoms with Crippen molar-refractivity contribution in [1.82, 2.24) is 9.55 Å². The molecule has 45 heavy (non-hydrogen) atoms. The molecular weight excluding hydrogens is 582 g/mol. The average Bonchev–Trinajstić information content (AvgIpc) is 3.57. The minimum Gasteiger partial charge on any atom is -0.497 e. The van der Waals surface area contributed by atoms with Crippen molar-refractivity contribution in [2.45, 2.75) is 52.5 Å². The Kier molecular flexibility index (Phi) is 8.59. The van der Waals surface area contributed by atoms with Gasteiger partial charge in [0.2, 0.25) is 0 Å². The van der Waals surface area contributed by atoms with Crippen LogP contribution in [0.15, 0.2) is 93.9 Å². The highest BCUT2D eigenvalue weighted by molar-refractivity contribution is 7.07. The van der Waals surface area contributed by atoms with Gasteiger partial charge in [0, 0.05) is 16.5 Å². The number of carbonyl (C=O) groups is 1. The fourth-order valence-electron chi connectivity index (χ4n) is 5.93. The lowest BCUT2D eigenvalue weighted by Crippen LogP contribution is -2.40. The van der Waals surface area contributed by atoms with Crippen LogP contribution in [0.1, 0.15) is 69.2 Å². The Morgan fingerprint density at radius 3 is 2.49 bits per heavy atom. The van der Waals surface area contributed by atoms with Gasteiger partial charge in [-0.2, -0.15) is 0 Å². The second-order valence-electron chi connectivity index (χ2n) is 11.4. The summed E-state index contributed by atoms with van der Waals surface area (Å²) in [5, 5.41) is 0.943. The van der Waals surface area contributed by atoms with Crippen LogP contribution in [0.2, 0.25) is 0 Å². The normalized spacial score (nSPS) is 15.0. The second kappa shape index (κ2) is 12.7. The fraction of sp³-hybridized carbons (Fsp3) is 0.270. The molecule has 1 N–H and O–H groups in total. The van der Waals surface area contributed by atoms with Gasteiger partial charge in [0.05, 0.1) is 41.3 Å². The van der Waals surface area contributed by atoms with Crippen LogP contribution in [0, 0.1) is 0 Å². The SMILES string of the molecule is CCCC1=C(C(=O)OCC)[C@H](c2ccc(C(C)C)cc2)n2c(s/c(=C\c3c(-c4ccccc4)[nH]c4ccc(OC)cc34)c2=O)=N1. The average molecular weight is 620 g/mol. The summed E-state index contributed by atoms with van der Waals surface area (Å²) in [5.74, 6) is 0.641. The van der Waals surface area contributed by atoms with E-state index in [4.69, 9.17) is 14.5 Å². The van der Waals surface area contributed by atoms with Crippen molar-refractivity contribution in [2.24, 2.45) is 4.99 Å². The van der Waals surface area contributed by atoms with E-state index in [-0.39, 0.29) is 12.2 Å². The summed E-state index contributed by atoms with van der Waals surface area (Å²) in [7, 11) is 1.65. The number of hydrogen-bond acceptors (Lipinski definition) is 6. The van der Waals surface area contributed by atoms with Gasteiger partial charge in [-0.25, -0.2) is 9.79 Å². The molecule has 0 radical (unpaired) electrons. The minimum atomic E-state index is -0.651. The van der Waals surface area contributed by atoms with Crippen LogP contribution in [0.3, 0.4) is 0 Å². The monoisotopic (exact) mass is 619 g/mol. The second-order valence-corrected chi connectivity index (χ2v) is 12.4. The number of methoxy groups -OCH3 is 1. The summed E-state index contributed by atoms with van der Waals surface area (Å²) < 4.78 is 13.3. The molecule has 5 aromatic rings. The number of hydrogen-bond donors (Lipinski definition) is 1. The Balaban J connectivity index is 1.62. The maximum Gasteiger partial charge on any atom is 0.338 e. The molecule has 0 bridgehead atoms. The topological polar surface area (TPSA) is 85.7 Å². The number of benzene rings is 3. The molecule has 0 saturated carbocycles. The fourth-order valence-corrected chi connectivity index (χ4v) is 6.93. The lowest BCUT2D eigenvalue weighted by atomic mass is 9.92. The molecule has 0 aliphatic carbocycles. The van der Waals surface area contributed by atoms with Crippen LogP contribution >= 0.6 is 11.3 Å². The number of aromatic nitrogens is 2. The molecule has 7 nitrogen and oxygen atoms in total. The molecule has 0 unspecified atom stereocenters. The zero-order chi connectivity index (χ0) is 31.7. The van der Waals surface area contributed by atoms with E-state index in [0.29, 0.717) is 32.9 Å². The molecule has 1 aliphatic heterocycles. The van der Waals surface area contributed by atoms with Gasteiger partial charge in [0.1, 0.15) is 5.75 Å². The summed E-state index contributed by atoms with van der Waals surface area (Å²) in [6.45, 7) is 8.37. The molecule has 0 fully saturated rings. The molecule has 0 amide bonds. The maximum absolute atomic E-state index is 14.5. The van der Waals surface area contributed by atoms with Crippen molar-refractivity contribution in [3.63, 3.8) is 0 Å². The number of rotatable bonds is 9. The molecule has 1 aliphatic rings. The molecule has 1 atom stereocenters. The largest absolute Gasteiger partial charge is 0.497 e. The van der Waals surface area contributed by atoms with E-state index < -0.39 is 12.0 Å². The van der Waals surface area contributed by atoms with E-state index in [1.165, 1.54) is 16.9 Å². The van der Waals surface area contributed by atoms with Crippen LogP contribution in [0.25, 0.3) is 28.2 Å². The Morgan fingerprint density at radius 1 is 1.07 bits per heavy atom. The number of carbonyl (C=O) groups excluding carboxylic acids is 1. The Bertz CT molecular complexity index is 2080. The molecular formula is C37H37N3O4S. The van der Waals surface area contributed by atoms with Crippen LogP contribution in [0.4, 0.5) is 0 Å². The molecule has 0 spiro atoms. The van der Waals surface area contributed by atoms with Crippen LogP contribution in [0.5, 0.6) is 5.75 Å². The zero-order valence-corrected chi connectivity index (χ0v) is 27.0.